The number of hydrogen-bond donors (Lipinski definition) is 1. The van der Waals surface area contributed by atoms with E-state index in [0.29, 0.717) is 4.47 Å². The average Bonchev–Trinajstić information content (AvgIpc) is 2.32. The van der Waals surface area contributed by atoms with Crippen molar-refractivity contribution in [1.82, 2.24) is 0 Å². The quantitative estimate of drug-likeness (QED) is 0.844. The molecule has 2 aromatic rings. The van der Waals surface area contributed by atoms with Crippen LogP contribution in [0.3, 0.4) is 0 Å². The van der Waals surface area contributed by atoms with Crippen LogP contribution in [-0.2, 0) is 0 Å². The Kier molecular flexibility index (Phi) is 4.17. The van der Waals surface area contributed by atoms with E-state index in [1.54, 1.807) is 6.07 Å². The summed E-state index contributed by atoms with van der Waals surface area (Å²) in [5.74, 6) is -2.19. The van der Waals surface area contributed by atoms with Gasteiger partial charge in [-0.05, 0) is 30.3 Å². The van der Waals surface area contributed by atoms with Gasteiger partial charge in [0.15, 0.2) is 0 Å². The number of benzene rings is 2. The number of rotatable bonds is 2. The molecular formula is C13H7BrClF2NO. The van der Waals surface area contributed by atoms with Gasteiger partial charge in [0, 0.05) is 4.47 Å². The fourth-order valence-corrected chi connectivity index (χ4v) is 2.07. The molecule has 0 aliphatic heterocycles. The first-order chi connectivity index (χ1) is 8.99. The molecule has 2 rings (SSSR count). The van der Waals surface area contributed by atoms with Crippen LogP contribution in [0.25, 0.3) is 0 Å². The summed E-state index contributed by atoms with van der Waals surface area (Å²) in [5.41, 5.74) is -0.362. The second kappa shape index (κ2) is 5.67. The smallest absolute Gasteiger partial charge is 0.260 e. The molecule has 2 nitrogen and oxygen atoms in total. The lowest BCUT2D eigenvalue weighted by atomic mass is 10.2. The van der Waals surface area contributed by atoms with Crippen molar-refractivity contribution in [2.75, 3.05) is 5.32 Å². The van der Waals surface area contributed by atoms with Crippen molar-refractivity contribution in [1.29, 1.82) is 0 Å². The normalized spacial score (nSPS) is 10.3. The lowest BCUT2D eigenvalue weighted by Crippen LogP contribution is -2.15. The Hall–Kier alpha value is -1.46. The number of carbonyl (C=O) groups is 1. The van der Waals surface area contributed by atoms with E-state index in [1.165, 1.54) is 24.3 Å². The summed E-state index contributed by atoms with van der Waals surface area (Å²) in [5, 5.41) is 2.24. The highest BCUT2D eigenvalue weighted by molar-refractivity contribution is 9.10. The summed E-state index contributed by atoms with van der Waals surface area (Å²) in [6, 6.07) is 8.00. The van der Waals surface area contributed by atoms with E-state index in [4.69, 9.17) is 11.6 Å². The van der Waals surface area contributed by atoms with Crippen LogP contribution in [-0.4, -0.2) is 5.91 Å². The van der Waals surface area contributed by atoms with Crippen molar-refractivity contribution in [3.05, 3.63) is 63.1 Å². The van der Waals surface area contributed by atoms with Gasteiger partial charge >= 0.3 is 0 Å². The number of hydrogen-bond acceptors (Lipinski definition) is 1. The molecule has 19 heavy (non-hydrogen) atoms. The highest BCUT2D eigenvalue weighted by atomic mass is 79.9. The molecule has 2 aromatic carbocycles. The van der Waals surface area contributed by atoms with E-state index in [2.05, 4.69) is 21.2 Å². The molecule has 0 atom stereocenters. The number of halogens is 4. The molecule has 0 radical (unpaired) electrons. The van der Waals surface area contributed by atoms with Crippen LogP contribution in [0.15, 0.2) is 40.9 Å². The molecule has 0 fully saturated rings. The Bertz CT molecular complexity index is 628. The summed E-state index contributed by atoms with van der Waals surface area (Å²) in [7, 11) is 0. The van der Waals surface area contributed by atoms with Gasteiger partial charge in [0.2, 0.25) is 0 Å². The molecule has 0 saturated heterocycles. The van der Waals surface area contributed by atoms with Gasteiger partial charge in [0.25, 0.3) is 5.91 Å². The van der Waals surface area contributed by atoms with Gasteiger partial charge in [-0.15, -0.1) is 0 Å². The first kappa shape index (κ1) is 14.0. The van der Waals surface area contributed by atoms with E-state index >= 15 is 0 Å². The van der Waals surface area contributed by atoms with Crippen LogP contribution >= 0.6 is 27.5 Å². The summed E-state index contributed by atoms with van der Waals surface area (Å²) >= 11 is 8.85. The average molecular weight is 347 g/mol. The maximum Gasteiger partial charge on any atom is 0.260 e. The second-order valence-electron chi connectivity index (χ2n) is 3.67. The van der Waals surface area contributed by atoms with E-state index in [1.807, 2.05) is 0 Å². The van der Waals surface area contributed by atoms with E-state index in [9.17, 15) is 13.6 Å². The first-order valence-corrected chi connectivity index (χ1v) is 6.36. The zero-order valence-corrected chi connectivity index (χ0v) is 11.7. The zero-order chi connectivity index (χ0) is 14.0. The molecule has 0 aliphatic carbocycles. The maximum atomic E-state index is 13.6. The van der Waals surface area contributed by atoms with Crippen LogP contribution in [0.2, 0.25) is 5.02 Å². The minimum absolute atomic E-state index is 0.0324. The van der Waals surface area contributed by atoms with Gasteiger partial charge in [-0.1, -0.05) is 33.6 Å². The summed E-state index contributed by atoms with van der Waals surface area (Å²) < 4.78 is 27.6. The van der Waals surface area contributed by atoms with Crippen molar-refractivity contribution < 1.29 is 13.6 Å². The van der Waals surface area contributed by atoms with Gasteiger partial charge < -0.3 is 5.32 Å². The lowest BCUT2D eigenvalue weighted by Gasteiger charge is -2.08. The molecule has 0 aliphatic rings. The van der Waals surface area contributed by atoms with Crippen molar-refractivity contribution in [2.24, 2.45) is 0 Å². The highest BCUT2D eigenvalue weighted by Gasteiger charge is 2.17. The van der Waals surface area contributed by atoms with Crippen LogP contribution in [0.1, 0.15) is 10.4 Å². The van der Waals surface area contributed by atoms with Crippen LogP contribution in [0.4, 0.5) is 14.5 Å². The fourth-order valence-electron chi connectivity index (χ4n) is 1.49. The lowest BCUT2D eigenvalue weighted by molar-refractivity contribution is 0.102. The molecule has 0 spiro atoms. The predicted octanol–water partition coefficient (Wildman–Crippen LogP) is 4.63. The summed E-state index contributed by atoms with van der Waals surface area (Å²) in [6.07, 6.45) is 0. The van der Waals surface area contributed by atoms with Crippen molar-refractivity contribution in [3.63, 3.8) is 0 Å². The largest absolute Gasteiger partial charge is 0.319 e. The van der Waals surface area contributed by atoms with E-state index < -0.39 is 17.5 Å². The van der Waals surface area contributed by atoms with E-state index in [0.717, 1.165) is 6.07 Å². The van der Waals surface area contributed by atoms with Crippen molar-refractivity contribution in [2.45, 2.75) is 0 Å². The Morgan fingerprint density at radius 3 is 2.53 bits per heavy atom. The number of anilines is 1. The van der Waals surface area contributed by atoms with Crippen LogP contribution in [0.5, 0.6) is 0 Å². The molecule has 6 heteroatoms. The molecule has 0 bridgehead atoms. The zero-order valence-electron chi connectivity index (χ0n) is 9.38. The molecule has 0 heterocycles. The monoisotopic (exact) mass is 345 g/mol. The van der Waals surface area contributed by atoms with Gasteiger partial charge in [-0.2, -0.15) is 0 Å². The molecule has 1 N–H and O–H groups in total. The Labute approximate surface area is 121 Å². The summed E-state index contributed by atoms with van der Waals surface area (Å²) in [6.45, 7) is 0. The Balaban J connectivity index is 2.31. The molecule has 0 aromatic heterocycles. The highest BCUT2D eigenvalue weighted by Crippen LogP contribution is 2.23. The number of amides is 1. The standard InChI is InChI=1S/C13H7BrClF2NO/c14-7-4-5-11(10(17)6-7)18-13(19)12-8(15)2-1-3-9(12)16/h1-6H,(H,18,19). The number of carbonyl (C=O) groups excluding carboxylic acids is 1. The minimum Gasteiger partial charge on any atom is -0.319 e. The van der Waals surface area contributed by atoms with Gasteiger partial charge in [0.05, 0.1) is 16.3 Å². The molecule has 1 amide bonds. The van der Waals surface area contributed by atoms with Crippen LogP contribution < -0.4 is 5.32 Å². The third-order valence-corrected chi connectivity index (χ3v) is 3.18. The maximum absolute atomic E-state index is 13.6. The third-order valence-electron chi connectivity index (χ3n) is 2.37. The van der Waals surface area contributed by atoms with Crippen molar-refractivity contribution in [3.8, 4) is 0 Å². The SMILES string of the molecule is O=C(Nc1ccc(Br)cc1F)c1c(F)cccc1Cl. The Morgan fingerprint density at radius 2 is 1.89 bits per heavy atom. The topological polar surface area (TPSA) is 29.1 Å². The van der Waals surface area contributed by atoms with Crippen molar-refractivity contribution >= 4 is 39.1 Å². The van der Waals surface area contributed by atoms with E-state index in [-0.39, 0.29) is 16.3 Å². The molecule has 0 saturated carbocycles. The Morgan fingerprint density at radius 1 is 1.16 bits per heavy atom. The molecular weight excluding hydrogens is 340 g/mol. The second-order valence-corrected chi connectivity index (χ2v) is 5.00. The molecule has 0 unspecified atom stereocenters. The first-order valence-electron chi connectivity index (χ1n) is 5.19. The summed E-state index contributed by atoms with van der Waals surface area (Å²) in [4.78, 5) is 11.9. The minimum atomic E-state index is -0.802. The third kappa shape index (κ3) is 3.11. The number of nitrogens with one attached hydrogen (secondary N) is 1. The fraction of sp³-hybridized carbons (Fsp3) is 0. The van der Waals surface area contributed by atoms with Gasteiger partial charge in [-0.3, -0.25) is 4.79 Å². The van der Waals surface area contributed by atoms with Gasteiger partial charge in [-0.25, -0.2) is 8.78 Å². The predicted molar refractivity (Wildman–Crippen MR) is 73.5 cm³/mol. The van der Waals surface area contributed by atoms with Crippen LogP contribution in [0, 0.1) is 11.6 Å². The molecule has 98 valence electrons. The van der Waals surface area contributed by atoms with Gasteiger partial charge in [0.1, 0.15) is 11.6 Å².